The first-order chi connectivity index (χ1) is 10.3. The van der Waals surface area contributed by atoms with Crippen LogP contribution in [0.2, 0.25) is 0 Å². The van der Waals surface area contributed by atoms with Gasteiger partial charge >= 0.3 is 0 Å². The van der Waals surface area contributed by atoms with Crippen molar-refractivity contribution in [3.8, 4) is 6.07 Å². The van der Waals surface area contributed by atoms with Crippen molar-refractivity contribution >= 4 is 5.91 Å². The molecule has 1 aromatic rings. The van der Waals surface area contributed by atoms with Gasteiger partial charge in [0.1, 0.15) is 0 Å². The lowest BCUT2D eigenvalue weighted by Crippen LogP contribution is -2.38. The van der Waals surface area contributed by atoms with E-state index in [9.17, 15) is 10.1 Å². The molecule has 2 heterocycles. The van der Waals surface area contributed by atoms with Crippen LogP contribution in [0.1, 0.15) is 24.3 Å². The lowest BCUT2D eigenvalue weighted by molar-refractivity contribution is -0.138. The van der Waals surface area contributed by atoms with Crippen LogP contribution in [0.15, 0.2) is 30.3 Å². The second-order valence-electron chi connectivity index (χ2n) is 5.91. The molecule has 0 unspecified atom stereocenters. The van der Waals surface area contributed by atoms with E-state index in [1.54, 1.807) is 0 Å². The lowest BCUT2D eigenvalue weighted by atomic mass is 9.90. The van der Waals surface area contributed by atoms with Gasteiger partial charge in [-0.05, 0) is 18.4 Å². The molecule has 4 heteroatoms. The predicted molar refractivity (Wildman–Crippen MR) is 78.4 cm³/mol. The highest BCUT2D eigenvalue weighted by Crippen LogP contribution is 2.33. The first-order valence-corrected chi connectivity index (χ1v) is 7.60. The molecule has 0 aliphatic carbocycles. The smallest absolute Gasteiger partial charge is 0.228 e. The molecular weight excluding hydrogens is 264 g/mol. The van der Waals surface area contributed by atoms with Crippen LogP contribution in [0.5, 0.6) is 0 Å². The number of hydrogen-bond acceptors (Lipinski definition) is 3. The molecular formula is C17H20N2O2. The quantitative estimate of drug-likeness (QED) is 0.836. The Hall–Kier alpha value is -1.86. The van der Waals surface area contributed by atoms with Crippen molar-refractivity contribution in [3.63, 3.8) is 0 Å². The summed E-state index contributed by atoms with van der Waals surface area (Å²) in [5.41, 5.74) is 1.15. The monoisotopic (exact) mass is 284 g/mol. The molecule has 2 aliphatic heterocycles. The molecule has 1 aromatic carbocycles. The number of amides is 1. The first kappa shape index (κ1) is 14.1. The maximum absolute atomic E-state index is 12.6. The third-order valence-corrected chi connectivity index (χ3v) is 4.53. The molecule has 0 N–H and O–H groups in total. The van der Waals surface area contributed by atoms with Crippen molar-refractivity contribution < 1.29 is 9.53 Å². The zero-order chi connectivity index (χ0) is 14.7. The van der Waals surface area contributed by atoms with E-state index >= 15 is 0 Å². The second kappa shape index (κ2) is 6.28. The molecule has 2 aliphatic rings. The molecule has 0 aromatic heterocycles. The number of ether oxygens (including phenoxy) is 1. The van der Waals surface area contributed by atoms with Crippen molar-refractivity contribution in [1.82, 2.24) is 4.90 Å². The maximum Gasteiger partial charge on any atom is 0.228 e. The van der Waals surface area contributed by atoms with Gasteiger partial charge in [-0.25, -0.2) is 0 Å². The Morgan fingerprint density at radius 1 is 1.29 bits per heavy atom. The van der Waals surface area contributed by atoms with Crippen LogP contribution in [0.25, 0.3) is 0 Å². The number of rotatable bonds is 2. The second-order valence-corrected chi connectivity index (χ2v) is 5.91. The zero-order valence-corrected chi connectivity index (χ0v) is 12.1. The van der Waals surface area contributed by atoms with E-state index in [1.807, 2.05) is 35.2 Å². The van der Waals surface area contributed by atoms with Gasteiger partial charge in [-0.1, -0.05) is 30.3 Å². The highest BCUT2D eigenvalue weighted by Gasteiger charge is 2.38. The summed E-state index contributed by atoms with van der Waals surface area (Å²) in [5, 5.41) is 9.40. The van der Waals surface area contributed by atoms with Crippen LogP contribution in [-0.4, -0.2) is 37.1 Å². The summed E-state index contributed by atoms with van der Waals surface area (Å²) in [6.07, 6.45) is 1.86. The lowest BCUT2D eigenvalue weighted by Gasteiger charge is -2.26. The molecule has 3 rings (SSSR count). The molecule has 1 amide bonds. The molecule has 0 spiro atoms. The van der Waals surface area contributed by atoms with Gasteiger partial charge in [0.25, 0.3) is 0 Å². The van der Waals surface area contributed by atoms with E-state index in [0.29, 0.717) is 19.7 Å². The van der Waals surface area contributed by atoms with Gasteiger partial charge in [-0.2, -0.15) is 5.26 Å². The SMILES string of the molecule is N#C[C@@H]1CN(C(=O)[C@H]2CCCOC2)C[C@H]1c1ccccc1. The van der Waals surface area contributed by atoms with Crippen molar-refractivity contribution in [3.05, 3.63) is 35.9 Å². The van der Waals surface area contributed by atoms with Gasteiger partial charge in [-0.15, -0.1) is 0 Å². The highest BCUT2D eigenvalue weighted by molar-refractivity contribution is 5.79. The average Bonchev–Trinajstić information content (AvgIpc) is 3.00. The van der Waals surface area contributed by atoms with Gasteiger partial charge in [0.2, 0.25) is 5.91 Å². The fourth-order valence-electron chi connectivity index (χ4n) is 3.35. The number of benzene rings is 1. The highest BCUT2D eigenvalue weighted by atomic mass is 16.5. The third kappa shape index (κ3) is 2.93. The zero-order valence-electron chi connectivity index (χ0n) is 12.1. The number of carbonyl (C=O) groups is 1. The molecule has 2 saturated heterocycles. The molecule has 0 saturated carbocycles. The van der Waals surface area contributed by atoms with Crippen molar-refractivity contribution in [2.75, 3.05) is 26.3 Å². The molecule has 21 heavy (non-hydrogen) atoms. The minimum Gasteiger partial charge on any atom is -0.381 e. The van der Waals surface area contributed by atoms with Crippen LogP contribution < -0.4 is 0 Å². The van der Waals surface area contributed by atoms with Crippen LogP contribution in [-0.2, 0) is 9.53 Å². The number of carbonyl (C=O) groups excluding carboxylic acids is 1. The Bertz CT molecular complexity index is 531. The number of likely N-dealkylation sites (tertiary alicyclic amines) is 1. The summed E-state index contributed by atoms with van der Waals surface area (Å²) in [6, 6.07) is 12.4. The van der Waals surface area contributed by atoms with Crippen LogP contribution in [0.4, 0.5) is 0 Å². The number of nitriles is 1. The average molecular weight is 284 g/mol. The molecule has 3 atom stereocenters. The van der Waals surface area contributed by atoms with Gasteiger partial charge in [0.15, 0.2) is 0 Å². The van der Waals surface area contributed by atoms with E-state index in [2.05, 4.69) is 6.07 Å². The maximum atomic E-state index is 12.6. The van der Waals surface area contributed by atoms with Gasteiger partial charge in [0.05, 0.1) is 24.5 Å². The van der Waals surface area contributed by atoms with Crippen molar-refractivity contribution in [1.29, 1.82) is 5.26 Å². The topological polar surface area (TPSA) is 53.3 Å². The summed E-state index contributed by atoms with van der Waals surface area (Å²) in [4.78, 5) is 14.4. The van der Waals surface area contributed by atoms with Gasteiger partial charge in [-0.3, -0.25) is 4.79 Å². The summed E-state index contributed by atoms with van der Waals surface area (Å²) in [6.45, 7) is 2.49. The minimum absolute atomic E-state index is 0.0207. The van der Waals surface area contributed by atoms with E-state index in [-0.39, 0.29) is 23.7 Å². The summed E-state index contributed by atoms with van der Waals surface area (Å²) >= 11 is 0. The Labute approximate surface area is 125 Å². The Kier molecular flexibility index (Phi) is 4.21. The Morgan fingerprint density at radius 3 is 2.76 bits per heavy atom. The summed E-state index contributed by atoms with van der Waals surface area (Å²) in [7, 11) is 0. The molecule has 0 bridgehead atoms. The number of nitrogens with zero attached hydrogens (tertiary/aromatic N) is 2. The molecule has 110 valence electrons. The summed E-state index contributed by atoms with van der Waals surface area (Å²) in [5.74, 6) is 0.159. The van der Waals surface area contributed by atoms with E-state index in [0.717, 1.165) is 25.0 Å². The summed E-state index contributed by atoms with van der Waals surface area (Å²) < 4.78 is 5.41. The normalized spacial score (nSPS) is 29.1. The van der Waals surface area contributed by atoms with Crippen molar-refractivity contribution in [2.45, 2.75) is 18.8 Å². The third-order valence-electron chi connectivity index (χ3n) is 4.53. The van der Waals surface area contributed by atoms with Crippen LogP contribution in [0, 0.1) is 23.2 Å². The first-order valence-electron chi connectivity index (χ1n) is 7.60. The van der Waals surface area contributed by atoms with Crippen LogP contribution >= 0.6 is 0 Å². The fraction of sp³-hybridized carbons (Fsp3) is 0.529. The molecule has 4 nitrogen and oxygen atoms in total. The van der Waals surface area contributed by atoms with Gasteiger partial charge in [0, 0.05) is 25.6 Å². The van der Waals surface area contributed by atoms with E-state index in [1.165, 1.54) is 0 Å². The predicted octanol–water partition coefficient (Wildman–Crippen LogP) is 2.18. The fourth-order valence-corrected chi connectivity index (χ4v) is 3.35. The van der Waals surface area contributed by atoms with E-state index in [4.69, 9.17) is 4.74 Å². The minimum atomic E-state index is -0.110. The van der Waals surface area contributed by atoms with Crippen LogP contribution in [0.3, 0.4) is 0 Å². The standard InChI is InChI=1S/C17H20N2O2/c18-9-15-10-19(17(20)14-7-4-8-21-12-14)11-16(15)13-5-2-1-3-6-13/h1-3,5-6,14-16H,4,7-8,10-12H2/t14-,15+,16-/m0/s1. The van der Waals surface area contributed by atoms with Crippen molar-refractivity contribution in [2.24, 2.45) is 11.8 Å². The van der Waals surface area contributed by atoms with E-state index < -0.39 is 0 Å². The Balaban J connectivity index is 1.72. The molecule has 2 fully saturated rings. The number of hydrogen-bond donors (Lipinski definition) is 0. The largest absolute Gasteiger partial charge is 0.381 e. The molecule has 0 radical (unpaired) electrons. The Morgan fingerprint density at radius 2 is 2.10 bits per heavy atom. The van der Waals surface area contributed by atoms with Gasteiger partial charge < -0.3 is 9.64 Å².